The van der Waals surface area contributed by atoms with Gasteiger partial charge in [-0.25, -0.2) is 4.79 Å². The van der Waals surface area contributed by atoms with Gasteiger partial charge >= 0.3 is 23.9 Å². The molecule has 1 fully saturated rings. The van der Waals surface area contributed by atoms with Crippen molar-refractivity contribution in [2.24, 2.45) is 5.92 Å². The number of carboxylic acids is 4. The van der Waals surface area contributed by atoms with Crippen molar-refractivity contribution < 1.29 is 73.5 Å². The molecule has 1 aliphatic heterocycles. The number of carboxylic acid groups (broad SMARTS) is 4. The zero-order valence-electron chi connectivity index (χ0n) is 30.2. The number of rotatable bonds is 25. The number of carbonyl (C=O) groups excluding carboxylic acids is 6. The molecule has 22 heteroatoms. The third-order valence-electron chi connectivity index (χ3n) is 8.07. The van der Waals surface area contributed by atoms with E-state index in [0.29, 0.717) is 13.0 Å². The van der Waals surface area contributed by atoms with E-state index in [-0.39, 0.29) is 18.8 Å². The van der Waals surface area contributed by atoms with Crippen LogP contribution < -0.4 is 37.2 Å². The Labute approximate surface area is 309 Å². The molecule has 0 aliphatic carbocycles. The summed E-state index contributed by atoms with van der Waals surface area (Å²) in [4.78, 5) is 124. The molecule has 1 heterocycles. The molecule has 1 rings (SSSR count). The van der Waals surface area contributed by atoms with Crippen LogP contribution in [0.25, 0.3) is 0 Å². The van der Waals surface area contributed by atoms with E-state index >= 15 is 0 Å². The Kier molecular flexibility index (Phi) is 20.1. The summed E-state index contributed by atoms with van der Waals surface area (Å²) in [5.74, 6) is -11.9. The molecule has 304 valence electrons. The Balaban J connectivity index is 3.23. The predicted octanol–water partition coefficient (Wildman–Crippen LogP) is -3.62. The average Bonchev–Trinajstić information content (AvgIpc) is 3.62. The van der Waals surface area contributed by atoms with Crippen LogP contribution >= 0.6 is 0 Å². The summed E-state index contributed by atoms with van der Waals surface area (Å²) in [5.41, 5.74) is 0. The summed E-state index contributed by atoms with van der Waals surface area (Å²) >= 11 is 0. The predicted molar refractivity (Wildman–Crippen MR) is 183 cm³/mol. The second kappa shape index (κ2) is 23.3. The standard InChI is InChI=1S/C32H51N7O15/c1-15(2)13-21(38-27(48)17-5-4-11-33-17)30(51)36-19(7-9-24(43)44)29(50)39-22(14-25(45)46)31(52)35-18(6-8-23(41)42)28(49)34-16(3)26(47)37-20(10-12-40)32(53)54/h15-22,33,40H,4-14H2,1-3H3,(H,34,49)(H,35,52)(H,36,51)(H,37,47)(H,38,48)(H,39,50)(H,41,42)(H,43,44)(H,45,46)(H,53,54). The summed E-state index contributed by atoms with van der Waals surface area (Å²) in [5, 5.41) is 62.8. The number of hydrogen-bond donors (Lipinski definition) is 12. The molecule has 0 aromatic rings. The molecule has 1 aliphatic rings. The van der Waals surface area contributed by atoms with Gasteiger partial charge in [0.15, 0.2) is 0 Å². The summed E-state index contributed by atoms with van der Waals surface area (Å²) in [6.07, 6.45) is -2.52. The Hall–Kier alpha value is -5.38. The van der Waals surface area contributed by atoms with Gasteiger partial charge in [-0.05, 0) is 51.5 Å². The Bertz CT molecular complexity index is 1390. The lowest BCUT2D eigenvalue weighted by Gasteiger charge is -2.27. The van der Waals surface area contributed by atoms with Gasteiger partial charge in [-0.15, -0.1) is 0 Å². The van der Waals surface area contributed by atoms with Gasteiger partial charge in [0, 0.05) is 25.9 Å². The van der Waals surface area contributed by atoms with Gasteiger partial charge in [0.1, 0.15) is 36.3 Å². The molecule has 7 atom stereocenters. The van der Waals surface area contributed by atoms with Crippen LogP contribution in [0.15, 0.2) is 0 Å². The van der Waals surface area contributed by atoms with Crippen LogP contribution in [0, 0.1) is 5.92 Å². The smallest absolute Gasteiger partial charge is 0.326 e. The second-order valence-corrected chi connectivity index (χ2v) is 13.1. The first-order valence-electron chi connectivity index (χ1n) is 17.3. The van der Waals surface area contributed by atoms with Crippen molar-refractivity contribution in [3.63, 3.8) is 0 Å². The van der Waals surface area contributed by atoms with Gasteiger partial charge in [-0.1, -0.05) is 13.8 Å². The molecule has 0 aromatic heterocycles. The van der Waals surface area contributed by atoms with E-state index < -0.39 is 140 Å². The van der Waals surface area contributed by atoms with Gasteiger partial charge in [-0.3, -0.25) is 43.2 Å². The largest absolute Gasteiger partial charge is 0.481 e. The topological polar surface area (TPSA) is 356 Å². The molecule has 0 radical (unpaired) electrons. The first-order valence-corrected chi connectivity index (χ1v) is 17.3. The summed E-state index contributed by atoms with van der Waals surface area (Å²) in [7, 11) is 0. The highest BCUT2D eigenvalue weighted by atomic mass is 16.4. The van der Waals surface area contributed by atoms with Crippen molar-refractivity contribution in [2.45, 2.75) is 121 Å². The number of aliphatic carboxylic acids is 4. The van der Waals surface area contributed by atoms with E-state index in [9.17, 15) is 68.4 Å². The first-order chi connectivity index (χ1) is 25.2. The number of amides is 6. The highest BCUT2D eigenvalue weighted by Gasteiger charge is 2.35. The van der Waals surface area contributed by atoms with Gasteiger partial charge < -0.3 is 62.8 Å². The lowest BCUT2D eigenvalue weighted by Crippen LogP contribution is -2.60. The van der Waals surface area contributed by atoms with E-state index in [0.717, 1.165) is 13.3 Å². The minimum atomic E-state index is -1.96. The molecule has 0 bridgehead atoms. The molecule has 54 heavy (non-hydrogen) atoms. The molecule has 0 saturated carbocycles. The number of aliphatic hydroxyl groups excluding tert-OH is 1. The van der Waals surface area contributed by atoms with E-state index in [2.05, 4.69) is 37.2 Å². The van der Waals surface area contributed by atoms with Crippen molar-refractivity contribution in [3.05, 3.63) is 0 Å². The Morgan fingerprint density at radius 1 is 0.593 bits per heavy atom. The molecule has 0 spiro atoms. The Morgan fingerprint density at radius 2 is 1.07 bits per heavy atom. The van der Waals surface area contributed by atoms with E-state index in [4.69, 9.17) is 5.11 Å². The quantitative estimate of drug-likeness (QED) is 0.0426. The fraction of sp³-hybridized carbons (Fsp3) is 0.688. The van der Waals surface area contributed by atoms with Crippen molar-refractivity contribution in [1.29, 1.82) is 0 Å². The first kappa shape index (κ1) is 46.6. The number of carbonyl (C=O) groups is 10. The van der Waals surface area contributed by atoms with E-state index in [1.807, 2.05) is 0 Å². The molecule has 22 nitrogen and oxygen atoms in total. The molecule has 7 unspecified atom stereocenters. The van der Waals surface area contributed by atoms with Gasteiger partial charge in [0.05, 0.1) is 12.5 Å². The highest BCUT2D eigenvalue weighted by molar-refractivity contribution is 5.98. The van der Waals surface area contributed by atoms with Crippen LogP contribution in [0.2, 0.25) is 0 Å². The monoisotopic (exact) mass is 773 g/mol. The summed E-state index contributed by atoms with van der Waals surface area (Å²) in [6, 6.07) is -10.0. The number of hydrogen-bond acceptors (Lipinski definition) is 12. The van der Waals surface area contributed by atoms with Crippen LogP contribution in [-0.2, 0) is 47.9 Å². The van der Waals surface area contributed by atoms with Gasteiger partial charge in [0.25, 0.3) is 0 Å². The van der Waals surface area contributed by atoms with Crippen LogP contribution in [0.3, 0.4) is 0 Å². The number of nitrogens with one attached hydrogen (secondary N) is 7. The molecular weight excluding hydrogens is 722 g/mol. The zero-order chi connectivity index (χ0) is 41.1. The summed E-state index contributed by atoms with van der Waals surface area (Å²) < 4.78 is 0. The van der Waals surface area contributed by atoms with Gasteiger partial charge in [-0.2, -0.15) is 0 Å². The maximum Gasteiger partial charge on any atom is 0.326 e. The third kappa shape index (κ3) is 17.4. The van der Waals surface area contributed by atoms with Crippen molar-refractivity contribution >= 4 is 59.3 Å². The molecule has 0 aromatic carbocycles. The van der Waals surface area contributed by atoms with Crippen molar-refractivity contribution in [1.82, 2.24) is 37.2 Å². The molecule has 6 amide bonds. The lowest BCUT2D eigenvalue weighted by atomic mass is 10.0. The SMILES string of the molecule is CC(C)CC(NC(=O)C1CCCN1)C(=O)NC(CCC(=O)O)C(=O)NC(CC(=O)O)C(=O)NC(CCC(=O)O)C(=O)NC(C)C(=O)NC(CCO)C(=O)O. The van der Waals surface area contributed by atoms with Gasteiger partial charge in [0.2, 0.25) is 35.4 Å². The van der Waals surface area contributed by atoms with E-state index in [1.54, 1.807) is 13.8 Å². The molecule has 12 N–H and O–H groups in total. The van der Waals surface area contributed by atoms with Crippen molar-refractivity contribution in [2.75, 3.05) is 13.2 Å². The van der Waals surface area contributed by atoms with Crippen LogP contribution in [0.4, 0.5) is 0 Å². The minimum absolute atomic E-state index is 0.121. The summed E-state index contributed by atoms with van der Waals surface area (Å²) in [6.45, 7) is 4.71. The van der Waals surface area contributed by atoms with Crippen LogP contribution in [-0.4, -0.2) is 140 Å². The molecule has 1 saturated heterocycles. The third-order valence-corrected chi connectivity index (χ3v) is 8.07. The zero-order valence-corrected chi connectivity index (χ0v) is 30.2. The van der Waals surface area contributed by atoms with Crippen molar-refractivity contribution in [3.8, 4) is 0 Å². The average molecular weight is 774 g/mol. The molecular formula is C32H51N7O15. The lowest BCUT2D eigenvalue weighted by molar-refractivity contribution is -0.142. The van der Waals surface area contributed by atoms with Crippen LogP contribution in [0.1, 0.15) is 78.6 Å². The minimum Gasteiger partial charge on any atom is -0.481 e. The fourth-order valence-corrected chi connectivity index (χ4v) is 5.22. The van der Waals surface area contributed by atoms with Crippen LogP contribution in [0.5, 0.6) is 0 Å². The normalized spacial score (nSPS) is 17.0. The number of aliphatic hydroxyl groups is 1. The maximum absolute atomic E-state index is 13.5. The highest BCUT2D eigenvalue weighted by Crippen LogP contribution is 2.11. The Morgan fingerprint density at radius 3 is 1.52 bits per heavy atom. The van der Waals surface area contributed by atoms with E-state index in [1.165, 1.54) is 0 Å². The maximum atomic E-state index is 13.5. The second-order valence-electron chi connectivity index (χ2n) is 13.1. The fourth-order valence-electron chi connectivity index (χ4n) is 5.22.